The lowest BCUT2D eigenvalue weighted by Gasteiger charge is -2.18. The maximum atomic E-state index is 4.42. The van der Waals surface area contributed by atoms with Gasteiger partial charge in [0.05, 0.1) is 0 Å². The highest BCUT2D eigenvalue weighted by Crippen LogP contribution is 2.39. The molecule has 3 aromatic rings. The van der Waals surface area contributed by atoms with E-state index in [4.69, 9.17) is 0 Å². The molecule has 0 aromatic heterocycles. The molecule has 0 unspecified atom stereocenters. The lowest BCUT2D eigenvalue weighted by atomic mass is 9.86. The Morgan fingerprint density at radius 3 is 2.20 bits per heavy atom. The van der Waals surface area contributed by atoms with Gasteiger partial charge in [0.1, 0.15) is 0 Å². The fourth-order valence-corrected chi connectivity index (χ4v) is 4.91. The SMILES string of the molecule is C=c1cc2c(c(-c3ccccc3)c1C)=c1ccccc1=C2C1=CC(C(C)(C)C)=CC1. The summed E-state index contributed by atoms with van der Waals surface area (Å²) in [5.41, 5.74) is 9.60. The normalized spacial score (nSPS) is 15.0. The first-order chi connectivity index (χ1) is 14.4. The zero-order chi connectivity index (χ0) is 21.0. The van der Waals surface area contributed by atoms with Crippen LogP contribution in [0.3, 0.4) is 0 Å². The summed E-state index contributed by atoms with van der Waals surface area (Å²) in [5, 5.41) is 5.17. The van der Waals surface area contributed by atoms with Gasteiger partial charge in [0.15, 0.2) is 0 Å². The number of rotatable bonds is 2. The molecule has 2 aliphatic rings. The van der Waals surface area contributed by atoms with Crippen molar-refractivity contribution in [2.75, 3.05) is 0 Å². The molecule has 0 heteroatoms. The van der Waals surface area contributed by atoms with Crippen LogP contribution in [0, 0.1) is 22.8 Å². The first-order valence-electron chi connectivity index (χ1n) is 10.8. The van der Waals surface area contributed by atoms with Crippen molar-refractivity contribution in [3.05, 3.63) is 116 Å². The molecule has 0 saturated carbocycles. The molecule has 0 radical (unpaired) electrons. The minimum Gasteiger partial charge on any atom is -0.0915 e. The summed E-state index contributed by atoms with van der Waals surface area (Å²) in [4.78, 5) is 0. The zero-order valence-corrected chi connectivity index (χ0v) is 18.3. The van der Waals surface area contributed by atoms with Crippen molar-refractivity contribution in [1.82, 2.24) is 0 Å². The molecule has 2 aliphatic carbocycles. The van der Waals surface area contributed by atoms with Crippen molar-refractivity contribution in [3.63, 3.8) is 0 Å². The van der Waals surface area contributed by atoms with Crippen LogP contribution in [-0.2, 0) is 0 Å². The molecular weight excluding hydrogens is 360 g/mol. The van der Waals surface area contributed by atoms with E-state index in [1.165, 1.54) is 54.6 Å². The average molecular weight is 389 g/mol. The Balaban J connectivity index is 1.88. The van der Waals surface area contributed by atoms with Gasteiger partial charge in [-0.15, -0.1) is 0 Å². The molecule has 0 fully saturated rings. The van der Waals surface area contributed by atoms with Crippen LogP contribution in [0.5, 0.6) is 0 Å². The predicted octanol–water partition coefficient (Wildman–Crippen LogP) is 6.17. The van der Waals surface area contributed by atoms with Gasteiger partial charge in [0.2, 0.25) is 0 Å². The second-order valence-corrected chi connectivity index (χ2v) is 9.53. The zero-order valence-electron chi connectivity index (χ0n) is 18.3. The predicted molar refractivity (Wildman–Crippen MR) is 128 cm³/mol. The number of hydrogen-bond acceptors (Lipinski definition) is 0. The monoisotopic (exact) mass is 388 g/mol. The van der Waals surface area contributed by atoms with Crippen LogP contribution >= 0.6 is 0 Å². The number of benzene rings is 3. The molecule has 3 aromatic carbocycles. The Morgan fingerprint density at radius 2 is 1.53 bits per heavy atom. The third-order valence-corrected chi connectivity index (χ3v) is 6.55. The van der Waals surface area contributed by atoms with E-state index in [2.05, 4.69) is 107 Å². The highest BCUT2D eigenvalue weighted by Gasteiger charge is 2.25. The molecule has 30 heavy (non-hydrogen) atoms. The Labute approximate surface area is 178 Å². The summed E-state index contributed by atoms with van der Waals surface area (Å²) in [6.07, 6.45) is 5.82. The summed E-state index contributed by atoms with van der Waals surface area (Å²) < 4.78 is 0. The fourth-order valence-electron chi connectivity index (χ4n) is 4.91. The van der Waals surface area contributed by atoms with E-state index in [9.17, 15) is 0 Å². The van der Waals surface area contributed by atoms with E-state index >= 15 is 0 Å². The summed E-state index contributed by atoms with van der Waals surface area (Å²) in [5.74, 6) is 0. The molecular formula is C30H28. The minimum absolute atomic E-state index is 0.170. The summed E-state index contributed by atoms with van der Waals surface area (Å²) in [7, 11) is 0. The lowest BCUT2D eigenvalue weighted by molar-refractivity contribution is 0.518. The topological polar surface area (TPSA) is 0 Å². The summed E-state index contributed by atoms with van der Waals surface area (Å²) in [6, 6.07) is 22.0. The maximum Gasteiger partial charge on any atom is -0.00172 e. The fraction of sp³-hybridized carbons (Fsp3) is 0.200. The van der Waals surface area contributed by atoms with Crippen LogP contribution in [0.2, 0.25) is 0 Å². The minimum atomic E-state index is 0.170. The van der Waals surface area contributed by atoms with Crippen LogP contribution < -0.4 is 10.4 Å². The highest BCUT2D eigenvalue weighted by atomic mass is 14.3. The number of fused-ring (bicyclic) bond motifs is 2. The lowest BCUT2D eigenvalue weighted by Crippen LogP contribution is -2.10. The molecule has 148 valence electrons. The van der Waals surface area contributed by atoms with E-state index in [0.29, 0.717) is 0 Å². The van der Waals surface area contributed by atoms with Gasteiger partial charge in [-0.2, -0.15) is 0 Å². The van der Waals surface area contributed by atoms with Gasteiger partial charge in [0.25, 0.3) is 0 Å². The highest BCUT2D eigenvalue weighted by molar-refractivity contribution is 5.87. The Bertz CT molecular complexity index is 1440. The molecule has 0 bridgehead atoms. The van der Waals surface area contributed by atoms with Crippen molar-refractivity contribution in [1.29, 1.82) is 0 Å². The van der Waals surface area contributed by atoms with Crippen molar-refractivity contribution in [2.24, 2.45) is 5.41 Å². The second-order valence-electron chi connectivity index (χ2n) is 9.53. The molecule has 0 aliphatic heterocycles. The molecule has 0 amide bonds. The van der Waals surface area contributed by atoms with Crippen LogP contribution in [-0.4, -0.2) is 0 Å². The molecule has 0 heterocycles. The Hall–Kier alpha value is -3.12. The molecule has 0 spiro atoms. The van der Waals surface area contributed by atoms with Gasteiger partial charge in [-0.25, -0.2) is 0 Å². The van der Waals surface area contributed by atoms with E-state index in [0.717, 1.165) is 11.6 Å². The summed E-state index contributed by atoms with van der Waals surface area (Å²) in [6.45, 7) is 13.5. The van der Waals surface area contributed by atoms with Crippen LogP contribution in [0.1, 0.15) is 38.3 Å². The Morgan fingerprint density at radius 1 is 0.867 bits per heavy atom. The molecule has 0 nitrogen and oxygen atoms in total. The van der Waals surface area contributed by atoms with Crippen molar-refractivity contribution < 1.29 is 0 Å². The average Bonchev–Trinajstić information content (AvgIpc) is 3.32. The van der Waals surface area contributed by atoms with Gasteiger partial charge in [-0.1, -0.05) is 94.1 Å². The van der Waals surface area contributed by atoms with E-state index in [1.54, 1.807) is 0 Å². The Kier molecular flexibility index (Phi) is 4.22. The second kappa shape index (κ2) is 6.71. The van der Waals surface area contributed by atoms with E-state index < -0.39 is 0 Å². The first-order valence-corrected chi connectivity index (χ1v) is 10.8. The summed E-state index contributed by atoms with van der Waals surface area (Å²) >= 11 is 0. The smallest absolute Gasteiger partial charge is 0.00172 e. The van der Waals surface area contributed by atoms with Gasteiger partial charge in [0, 0.05) is 0 Å². The molecule has 0 saturated heterocycles. The van der Waals surface area contributed by atoms with E-state index in [1.807, 2.05) is 0 Å². The molecule has 5 rings (SSSR count). The van der Waals surface area contributed by atoms with Gasteiger partial charge in [-0.3, -0.25) is 0 Å². The molecule has 0 atom stereocenters. The van der Waals surface area contributed by atoms with E-state index in [-0.39, 0.29) is 5.41 Å². The maximum absolute atomic E-state index is 4.42. The number of allylic oxidation sites excluding steroid dienone is 4. The molecule has 0 N–H and O–H groups in total. The van der Waals surface area contributed by atoms with Crippen molar-refractivity contribution in [2.45, 2.75) is 34.1 Å². The van der Waals surface area contributed by atoms with Crippen molar-refractivity contribution >= 4 is 12.2 Å². The van der Waals surface area contributed by atoms with Crippen molar-refractivity contribution in [3.8, 4) is 11.1 Å². The van der Waals surface area contributed by atoms with Gasteiger partial charge in [-0.05, 0) is 84.7 Å². The van der Waals surface area contributed by atoms with Crippen LogP contribution in [0.4, 0.5) is 0 Å². The quantitative estimate of drug-likeness (QED) is 0.492. The third-order valence-electron chi connectivity index (χ3n) is 6.55. The van der Waals surface area contributed by atoms with Crippen LogP contribution in [0.25, 0.3) is 23.3 Å². The number of hydrogen-bond donors (Lipinski definition) is 0. The first kappa shape index (κ1) is 18.9. The van der Waals surface area contributed by atoms with Gasteiger partial charge >= 0.3 is 0 Å². The standard InChI is InChI=1S/C30H28/c1-19-17-26-28(22-15-16-23(18-22)30(3,4)5)24-13-9-10-14-25(24)29(26)27(20(19)2)21-11-7-6-8-12-21/h6-14,16-18H,1,15H2,2-5H3. The van der Waals surface area contributed by atoms with Gasteiger partial charge < -0.3 is 0 Å². The van der Waals surface area contributed by atoms with Crippen LogP contribution in [0.15, 0.2) is 84.0 Å². The third kappa shape index (κ3) is 2.82. The largest absolute Gasteiger partial charge is 0.0915 e.